The summed E-state index contributed by atoms with van der Waals surface area (Å²) in [5, 5.41) is 0. The fourth-order valence-electron chi connectivity index (χ4n) is 3.58. The van der Waals surface area contributed by atoms with Crippen LogP contribution in [0.1, 0.15) is 31.8 Å². The van der Waals surface area contributed by atoms with Crippen molar-refractivity contribution >= 4 is 17.8 Å². The second kappa shape index (κ2) is 8.98. The molecule has 0 N–H and O–H groups in total. The topological polar surface area (TPSA) is 71.1 Å². The number of allylic oxidation sites excluding steroid dienone is 1. The van der Waals surface area contributed by atoms with E-state index in [0.29, 0.717) is 46.1 Å². The van der Waals surface area contributed by atoms with Gasteiger partial charge >= 0.3 is 5.97 Å². The smallest absolute Gasteiger partial charge is 0.343 e. The summed E-state index contributed by atoms with van der Waals surface area (Å²) in [6.45, 7) is 0. The van der Waals surface area contributed by atoms with E-state index in [0.717, 1.165) is 11.1 Å². The minimum atomic E-state index is -0.455. The summed E-state index contributed by atoms with van der Waals surface area (Å²) in [5.41, 5.74) is 3.47. The number of hydrogen-bond acceptors (Lipinski definition) is 6. The quantitative estimate of drug-likeness (QED) is 0.319. The molecule has 0 atom stereocenters. The highest BCUT2D eigenvalue weighted by atomic mass is 16.5. The van der Waals surface area contributed by atoms with Crippen LogP contribution in [0.4, 0.5) is 0 Å². The molecule has 1 aliphatic carbocycles. The summed E-state index contributed by atoms with van der Waals surface area (Å²) in [6, 6.07) is 17.3. The summed E-state index contributed by atoms with van der Waals surface area (Å²) < 4.78 is 21.2. The second-order valence-corrected chi connectivity index (χ2v) is 7.23. The largest absolute Gasteiger partial charge is 0.497 e. The Hall–Kier alpha value is -4.06. The standard InChI is InChI=1S/C26H22O6/c1-29-20-10-6-17(7-11-20)26(28)32-21-8-4-16(5-9-21)12-19-13-18-14-23(30-2)24(31-3)15-22(18)25(19)27/h4-12,14-15H,13H2,1-3H3/b19-12+. The van der Waals surface area contributed by atoms with Crippen LogP contribution in [-0.2, 0) is 6.42 Å². The molecular formula is C26H22O6. The predicted molar refractivity (Wildman–Crippen MR) is 120 cm³/mol. The van der Waals surface area contributed by atoms with E-state index in [1.807, 2.05) is 12.1 Å². The van der Waals surface area contributed by atoms with Crippen molar-refractivity contribution in [2.75, 3.05) is 21.3 Å². The molecule has 6 nitrogen and oxygen atoms in total. The molecule has 0 saturated heterocycles. The summed E-state index contributed by atoms with van der Waals surface area (Å²) in [6.07, 6.45) is 2.36. The average molecular weight is 430 g/mol. The van der Waals surface area contributed by atoms with E-state index in [1.165, 1.54) is 0 Å². The van der Waals surface area contributed by atoms with Crippen molar-refractivity contribution in [3.05, 3.63) is 88.5 Å². The third-order valence-corrected chi connectivity index (χ3v) is 5.28. The molecule has 0 spiro atoms. The maximum absolute atomic E-state index is 12.8. The lowest BCUT2D eigenvalue weighted by Crippen LogP contribution is -2.08. The number of fused-ring (bicyclic) bond motifs is 1. The van der Waals surface area contributed by atoms with Crippen LogP contribution < -0.4 is 18.9 Å². The van der Waals surface area contributed by atoms with Gasteiger partial charge in [-0.2, -0.15) is 0 Å². The molecule has 1 aliphatic rings. The number of Topliss-reactive ketones (excluding diaryl/α,β-unsaturated/α-hetero) is 1. The average Bonchev–Trinajstić information content (AvgIpc) is 3.13. The Balaban J connectivity index is 1.48. The number of esters is 1. The molecule has 0 radical (unpaired) electrons. The zero-order chi connectivity index (χ0) is 22.7. The van der Waals surface area contributed by atoms with Gasteiger partial charge in [-0.1, -0.05) is 12.1 Å². The van der Waals surface area contributed by atoms with Gasteiger partial charge in [0.25, 0.3) is 0 Å². The fourth-order valence-corrected chi connectivity index (χ4v) is 3.58. The summed E-state index contributed by atoms with van der Waals surface area (Å²) in [7, 11) is 4.68. The molecule has 0 bridgehead atoms. The highest BCUT2D eigenvalue weighted by Gasteiger charge is 2.27. The van der Waals surface area contributed by atoms with Crippen LogP contribution in [0, 0.1) is 0 Å². The highest BCUT2D eigenvalue weighted by molar-refractivity contribution is 6.16. The zero-order valence-electron chi connectivity index (χ0n) is 18.0. The first-order valence-corrected chi connectivity index (χ1v) is 9.99. The van der Waals surface area contributed by atoms with Crippen molar-refractivity contribution in [3.63, 3.8) is 0 Å². The molecule has 3 aromatic rings. The number of hydrogen-bond donors (Lipinski definition) is 0. The molecule has 0 fully saturated rings. The van der Waals surface area contributed by atoms with E-state index in [2.05, 4.69) is 0 Å². The van der Waals surface area contributed by atoms with Crippen LogP contribution >= 0.6 is 0 Å². The molecular weight excluding hydrogens is 408 g/mol. The SMILES string of the molecule is COc1ccc(C(=O)Oc2ccc(/C=C3\Cc4cc(OC)c(OC)cc4C3=O)cc2)cc1. The molecule has 6 heteroatoms. The molecule has 0 heterocycles. The third-order valence-electron chi connectivity index (χ3n) is 5.28. The zero-order valence-corrected chi connectivity index (χ0v) is 18.0. The van der Waals surface area contributed by atoms with Crippen molar-refractivity contribution in [3.8, 4) is 23.0 Å². The summed E-state index contributed by atoms with van der Waals surface area (Å²) >= 11 is 0. The van der Waals surface area contributed by atoms with Gasteiger partial charge in [0.15, 0.2) is 17.3 Å². The van der Waals surface area contributed by atoms with Crippen molar-refractivity contribution in [2.45, 2.75) is 6.42 Å². The van der Waals surface area contributed by atoms with E-state index in [9.17, 15) is 9.59 Å². The lowest BCUT2D eigenvalue weighted by molar-refractivity contribution is 0.0734. The molecule has 0 aromatic heterocycles. The van der Waals surface area contributed by atoms with Gasteiger partial charge in [0, 0.05) is 17.6 Å². The molecule has 3 aromatic carbocycles. The Labute approximate surface area is 186 Å². The number of methoxy groups -OCH3 is 3. The maximum atomic E-state index is 12.8. The van der Waals surface area contributed by atoms with Gasteiger partial charge in [0.05, 0.1) is 26.9 Å². The monoisotopic (exact) mass is 430 g/mol. The molecule has 32 heavy (non-hydrogen) atoms. The number of rotatable bonds is 6. The summed E-state index contributed by atoms with van der Waals surface area (Å²) in [5.74, 6) is 1.73. The maximum Gasteiger partial charge on any atom is 0.343 e. The number of carbonyl (C=O) groups is 2. The van der Waals surface area contributed by atoms with Gasteiger partial charge in [-0.05, 0) is 65.7 Å². The van der Waals surface area contributed by atoms with Crippen LogP contribution in [-0.4, -0.2) is 33.1 Å². The normalized spacial score (nSPS) is 13.6. The minimum Gasteiger partial charge on any atom is -0.497 e. The van der Waals surface area contributed by atoms with Crippen molar-refractivity contribution in [1.29, 1.82) is 0 Å². The Morgan fingerprint density at radius 2 is 1.44 bits per heavy atom. The van der Waals surface area contributed by atoms with E-state index < -0.39 is 5.97 Å². The van der Waals surface area contributed by atoms with E-state index >= 15 is 0 Å². The second-order valence-electron chi connectivity index (χ2n) is 7.23. The van der Waals surface area contributed by atoms with Gasteiger partial charge < -0.3 is 18.9 Å². The lowest BCUT2D eigenvalue weighted by Gasteiger charge is -2.08. The van der Waals surface area contributed by atoms with Gasteiger partial charge in [-0.15, -0.1) is 0 Å². The van der Waals surface area contributed by atoms with Crippen LogP contribution in [0.2, 0.25) is 0 Å². The molecule has 0 aliphatic heterocycles. The number of ether oxygens (including phenoxy) is 4. The number of carbonyl (C=O) groups excluding carboxylic acids is 2. The molecule has 0 saturated carbocycles. The van der Waals surface area contributed by atoms with Crippen molar-refractivity contribution in [2.24, 2.45) is 0 Å². The predicted octanol–water partition coefficient (Wildman–Crippen LogP) is 4.75. The molecule has 0 amide bonds. The first-order chi connectivity index (χ1) is 15.5. The summed E-state index contributed by atoms with van der Waals surface area (Å²) in [4.78, 5) is 25.2. The Bertz CT molecular complexity index is 1190. The van der Waals surface area contributed by atoms with E-state index in [4.69, 9.17) is 18.9 Å². The van der Waals surface area contributed by atoms with Crippen molar-refractivity contribution < 1.29 is 28.5 Å². The first kappa shape index (κ1) is 21.2. The Morgan fingerprint density at radius 1 is 0.812 bits per heavy atom. The van der Waals surface area contributed by atoms with Crippen molar-refractivity contribution in [1.82, 2.24) is 0 Å². The molecule has 4 rings (SSSR count). The molecule has 162 valence electrons. The number of benzene rings is 3. The van der Waals surface area contributed by atoms with Crippen LogP contribution in [0.5, 0.6) is 23.0 Å². The first-order valence-electron chi connectivity index (χ1n) is 9.99. The number of ketones is 1. The van der Waals surface area contributed by atoms with Crippen LogP contribution in [0.25, 0.3) is 6.08 Å². The minimum absolute atomic E-state index is 0.0315. The van der Waals surface area contributed by atoms with Crippen LogP contribution in [0.3, 0.4) is 0 Å². The van der Waals surface area contributed by atoms with Crippen LogP contribution in [0.15, 0.2) is 66.2 Å². The fraction of sp³-hybridized carbons (Fsp3) is 0.154. The lowest BCUT2D eigenvalue weighted by atomic mass is 10.1. The third kappa shape index (κ3) is 4.21. The van der Waals surface area contributed by atoms with E-state index in [-0.39, 0.29) is 5.78 Å². The van der Waals surface area contributed by atoms with Gasteiger partial charge in [0.2, 0.25) is 0 Å². The van der Waals surface area contributed by atoms with Gasteiger partial charge in [0.1, 0.15) is 11.5 Å². The van der Waals surface area contributed by atoms with Gasteiger partial charge in [-0.25, -0.2) is 4.79 Å². The van der Waals surface area contributed by atoms with Gasteiger partial charge in [-0.3, -0.25) is 4.79 Å². The molecule has 0 unspecified atom stereocenters. The Morgan fingerprint density at radius 3 is 2.06 bits per heavy atom. The Kier molecular flexibility index (Phi) is 5.94. The highest BCUT2D eigenvalue weighted by Crippen LogP contribution is 2.37. The van der Waals surface area contributed by atoms with E-state index in [1.54, 1.807) is 75.9 Å².